The van der Waals surface area contributed by atoms with Crippen molar-refractivity contribution in [3.8, 4) is 11.4 Å². The number of rotatable bonds is 5. The van der Waals surface area contributed by atoms with Crippen LogP contribution in [0.4, 0.5) is 5.69 Å². The van der Waals surface area contributed by atoms with Gasteiger partial charge in [-0.1, -0.05) is 12.1 Å². The lowest BCUT2D eigenvalue weighted by molar-refractivity contribution is 0.561. The Morgan fingerprint density at radius 2 is 2.27 bits per heavy atom. The summed E-state index contributed by atoms with van der Waals surface area (Å²) >= 11 is 3.41. The standard InChI is InChI=1S/C15H17BrN6/c1-10(8-22-9-13(16)7-17-22)18-14-5-3-4-12(6-14)15-19-11(2)20-21-15/h3-7,9-10,18H,8H2,1-2H3,(H,19,20,21)/t10-/m1/s1. The Balaban J connectivity index is 1.69. The average Bonchev–Trinajstić information content (AvgIpc) is 3.08. The first-order valence-electron chi connectivity index (χ1n) is 7.04. The van der Waals surface area contributed by atoms with Gasteiger partial charge in [-0.15, -0.1) is 0 Å². The van der Waals surface area contributed by atoms with Crippen LogP contribution in [0.25, 0.3) is 11.4 Å². The number of nitrogens with zero attached hydrogens (tertiary/aromatic N) is 4. The quantitative estimate of drug-likeness (QED) is 0.732. The van der Waals surface area contributed by atoms with E-state index in [1.807, 2.05) is 36.0 Å². The molecule has 0 aliphatic carbocycles. The van der Waals surface area contributed by atoms with Gasteiger partial charge in [-0.2, -0.15) is 10.2 Å². The molecule has 0 saturated carbocycles. The van der Waals surface area contributed by atoms with Crippen LogP contribution in [-0.2, 0) is 6.54 Å². The summed E-state index contributed by atoms with van der Waals surface area (Å²) in [6.45, 7) is 4.80. The largest absolute Gasteiger partial charge is 0.381 e. The molecule has 0 fully saturated rings. The van der Waals surface area contributed by atoms with Crippen LogP contribution in [0.2, 0.25) is 0 Å². The van der Waals surface area contributed by atoms with Crippen LogP contribution in [0.1, 0.15) is 12.7 Å². The molecular weight excluding hydrogens is 344 g/mol. The van der Waals surface area contributed by atoms with E-state index in [0.717, 1.165) is 28.1 Å². The lowest BCUT2D eigenvalue weighted by atomic mass is 10.2. The Bertz CT molecular complexity index is 763. The number of aryl methyl sites for hydroxylation is 1. The molecule has 0 radical (unpaired) electrons. The van der Waals surface area contributed by atoms with Crippen LogP contribution in [0.5, 0.6) is 0 Å². The fraction of sp³-hybridized carbons (Fsp3) is 0.267. The number of hydrogen-bond donors (Lipinski definition) is 2. The van der Waals surface area contributed by atoms with Crippen LogP contribution in [0.15, 0.2) is 41.1 Å². The molecule has 0 amide bonds. The van der Waals surface area contributed by atoms with Gasteiger partial charge in [0, 0.05) is 23.5 Å². The average molecular weight is 361 g/mol. The zero-order chi connectivity index (χ0) is 15.5. The van der Waals surface area contributed by atoms with Gasteiger partial charge in [0.05, 0.1) is 17.2 Å². The molecule has 2 heterocycles. The summed E-state index contributed by atoms with van der Waals surface area (Å²) in [5, 5.41) is 14.8. The molecule has 0 bridgehead atoms. The fourth-order valence-corrected chi connectivity index (χ4v) is 2.60. The molecule has 1 aromatic carbocycles. The summed E-state index contributed by atoms with van der Waals surface area (Å²) in [5.41, 5.74) is 2.03. The van der Waals surface area contributed by atoms with Gasteiger partial charge in [-0.25, -0.2) is 4.98 Å². The predicted octanol–water partition coefficient (Wildman–Crippen LogP) is 3.24. The van der Waals surface area contributed by atoms with Crippen LogP contribution in [0, 0.1) is 6.92 Å². The molecule has 0 unspecified atom stereocenters. The van der Waals surface area contributed by atoms with Crippen LogP contribution >= 0.6 is 15.9 Å². The summed E-state index contributed by atoms with van der Waals surface area (Å²) in [6, 6.07) is 8.34. The minimum absolute atomic E-state index is 0.246. The highest BCUT2D eigenvalue weighted by atomic mass is 79.9. The number of halogens is 1. The van der Waals surface area contributed by atoms with Crippen molar-refractivity contribution < 1.29 is 0 Å². The van der Waals surface area contributed by atoms with Crippen molar-refractivity contribution in [2.24, 2.45) is 0 Å². The summed E-state index contributed by atoms with van der Waals surface area (Å²) in [5.74, 6) is 1.52. The summed E-state index contributed by atoms with van der Waals surface area (Å²) in [4.78, 5) is 4.36. The van der Waals surface area contributed by atoms with Crippen LogP contribution in [0.3, 0.4) is 0 Å². The van der Waals surface area contributed by atoms with Gasteiger partial charge in [0.15, 0.2) is 5.82 Å². The van der Waals surface area contributed by atoms with Crippen LogP contribution in [-0.4, -0.2) is 31.0 Å². The van der Waals surface area contributed by atoms with Crippen molar-refractivity contribution in [1.29, 1.82) is 0 Å². The predicted molar refractivity (Wildman–Crippen MR) is 89.6 cm³/mol. The van der Waals surface area contributed by atoms with E-state index in [4.69, 9.17) is 0 Å². The van der Waals surface area contributed by atoms with Crippen molar-refractivity contribution in [1.82, 2.24) is 25.0 Å². The molecular formula is C15H17BrN6. The van der Waals surface area contributed by atoms with Crippen LogP contribution < -0.4 is 5.32 Å². The number of benzene rings is 1. The second-order valence-corrected chi connectivity index (χ2v) is 6.17. The Morgan fingerprint density at radius 1 is 1.41 bits per heavy atom. The van der Waals surface area contributed by atoms with Gasteiger partial charge in [0.25, 0.3) is 0 Å². The Labute approximate surface area is 137 Å². The maximum absolute atomic E-state index is 4.36. The van der Waals surface area contributed by atoms with Crippen molar-refractivity contribution in [2.75, 3.05) is 5.32 Å². The summed E-state index contributed by atoms with van der Waals surface area (Å²) in [6.07, 6.45) is 3.75. The van der Waals surface area contributed by atoms with Gasteiger partial charge >= 0.3 is 0 Å². The number of anilines is 1. The molecule has 0 aliphatic rings. The number of H-pyrrole nitrogens is 1. The molecule has 1 atom stereocenters. The topological polar surface area (TPSA) is 71.4 Å². The lowest BCUT2D eigenvalue weighted by Gasteiger charge is -2.15. The highest BCUT2D eigenvalue weighted by molar-refractivity contribution is 9.10. The number of hydrogen-bond acceptors (Lipinski definition) is 4. The molecule has 6 nitrogen and oxygen atoms in total. The van der Waals surface area contributed by atoms with E-state index in [2.05, 4.69) is 54.5 Å². The first-order valence-corrected chi connectivity index (χ1v) is 7.83. The summed E-state index contributed by atoms with van der Waals surface area (Å²) in [7, 11) is 0. The van der Waals surface area contributed by atoms with E-state index in [1.165, 1.54) is 0 Å². The lowest BCUT2D eigenvalue weighted by Crippen LogP contribution is -2.22. The SMILES string of the molecule is Cc1nc(-c2cccc(N[C@H](C)Cn3cc(Br)cn3)c2)n[nH]1. The van der Waals surface area contributed by atoms with Gasteiger partial charge < -0.3 is 5.32 Å². The molecule has 7 heteroatoms. The van der Waals surface area contributed by atoms with Crippen molar-refractivity contribution >= 4 is 21.6 Å². The van der Waals surface area contributed by atoms with E-state index in [0.29, 0.717) is 5.82 Å². The third-order valence-electron chi connectivity index (χ3n) is 3.19. The third kappa shape index (κ3) is 3.54. The zero-order valence-electron chi connectivity index (χ0n) is 12.4. The summed E-state index contributed by atoms with van der Waals surface area (Å²) < 4.78 is 2.89. The molecule has 22 heavy (non-hydrogen) atoms. The molecule has 0 spiro atoms. The molecule has 3 aromatic rings. The Kier molecular flexibility index (Phi) is 4.24. The minimum atomic E-state index is 0.246. The van der Waals surface area contributed by atoms with Gasteiger partial charge in [0.1, 0.15) is 5.82 Å². The first-order chi connectivity index (χ1) is 10.6. The minimum Gasteiger partial charge on any atom is -0.381 e. The Hall–Kier alpha value is -2.15. The highest BCUT2D eigenvalue weighted by Gasteiger charge is 2.07. The van der Waals surface area contributed by atoms with Crippen molar-refractivity contribution in [3.63, 3.8) is 0 Å². The second kappa shape index (κ2) is 6.31. The van der Waals surface area contributed by atoms with Gasteiger partial charge in [-0.05, 0) is 41.9 Å². The maximum Gasteiger partial charge on any atom is 0.181 e. The molecule has 2 N–H and O–H groups in total. The normalized spacial score (nSPS) is 12.3. The number of aromatic nitrogens is 5. The first kappa shape index (κ1) is 14.8. The Morgan fingerprint density at radius 3 is 2.95 bits per heavy atom. The van der Waals surface area contributed by atoms with E-state index in [1.54, 1.807) is 6.20 Å². The van der Waals surface area contributed by atoms with Gasteiger partial charge in [0.2, 0.25) is 0 Å². The monoisotopic (exact) mass is 360 g/mol. The number of nitrogens with one attached hydrogen (secondary N) is 2. The van der Waals surface area contributed by atoms with Crippen molar-refractivity contribution in [2.45, 2.75) is 26.4 Å². The molecule has 3 rings (SSSR count). The fourth-order valence-electron chi connectivity index (χ4n) is 2.27. The smallest absolute Gasteiger partial charge is 0.181 e. The molecule has 0 aliphatic heterocycles. The second-order valence-electron chi connectivity index (χ2n) is 5.25. The van der Waals surface area contributed by atoms with E-state index in [-0.39, 0.29) is 6.04 Å². The number of aromatic amines is 1. The van der Waals surface area contributed by atoms with E-state index in [9.17, 15) is 0 Å². The maximum atomic E-state index is 4.36. The van der Waals surface area contributed by atoms with Crippen molar-refractivity contribution in [3.05, 3.63) is 47.0 Å². The molecule has 2 aromatic heterocycles. The van der Waals surface area contributed by atoms with E-state index >= 15 is 0 Å². The van der Waals surface area contributed by atoms with E-state index < -0.39 is 0 Å². The molecule has 114 valence electrons. The highest BCUT2D eigenvalue weighted by Crippen LogP contribution is 2.20. The molecule has 0 saturated heterocycles. The third-order valence-corrected chi connectivity index (χ3v) is 3.60. The van der Waals surface area contributed by atoms with Gasteiger partial charge in [-0.3, -0.25) is 9.78 Å². The zero-order valence-corrected chi connectivity index (χ0v) is 14.0.